The summed E-state index contributed by atoms with van der Waals surface area (Å²) in [5.41, 5.74) is -1.58. The Morgan fingerprint density at radius 1 is 0.949 bits per heavy atom. The fourth-order valence-electron chi connectivity index (χ4n) is 4.08. The molecule has 1 aromatic carbocycles. The van der Waals surface area contributed by atoms with Crippen LogP contribution in [0.2, 0.25) is 0 Å². The van der Waals surface area contributed by atoms with E-state index in [0.717, 1.165) is 9.13 Å². The second kappa shape index (κ2) is 11.8. The molecule has 210 valence electrons. The van der Waals surface area contributed by atoms with E-state index in [1.165, 1.54) is 56.6 Å². The second-order valence-electron chi connectivity index (χ2n) is 8.45. The third-order valence-electron chi connectivity index (χ3n) is 6.14. The highest BCUT2D eigenvalue weighted by atomic mass is 79.9. The normalized spacial score (nSPS) is 11.1. The number of benzene rings is 1. The summed E-state index contributed by atoms with van der Waals surface area (Å²) >= 11 is 13.9. The van der Waals surface area contributed by atoms with Crippen molar-refractivity contribution in [3.05, 3.63) is 63.5 Å². The summed E-state index contributed by atoms with van der Waals surface area (Å²) in [6.07, 6.45) is 0. The van der Waals surface area contributed by atoms with Crippen LogP contribution in [0.4, 0.5) is 0 Å². The lowest BCUT2D eigenvalue weighted by Gasteiger charge is -2.24. The van der Waals surface area contributed by atoms with Gasteiger partial charge in [0, 0.05) is 28.2 Å². The fourth-order valence-corrected chi connectivity index (χ4v) is 4.99. The third-order valence-corrected chi connectivity index (χ3v) is 7.82. The molecule has 39 heavy (non-hydrogen) atoms. The Morgan fingerprint density at radius 2 is 1.44 bits per heavy atom. The Bertz CT molecular complexity index is 1620. The lowest BCUT2D eigenvalue weighted by atomic mass is 9.86. The number of aromatic nitrogens is 4. The monoisotopic (exact) mass is 642 g/mol. The van der Waals surface area contributed by atoms with Gasteiger partial charge in [-0.15, -0.1) is 0 Å². The molecule has 2 heterocycles. The summed E-state index contributed by atoms with van der Waals surface area (Å²) in [6, 6.07) is 2.99. The van der Waals surface area contributed by atoms with E-state index in [2.05, 4.69) is 15.9 Å². The molecule has 0 radical (unpaired) electrons. The third kappa shape index (κ3) is 5.38. The number of methoxy groups -OCH3 is 1. The molecule has 3 rings (SSSR count). The number of halogens is 1. The van der Waals surface area contributed by atoms with Crippen LogP contribution in [0.3, 0.4) is 0 Å². The van der Waals surface area contributed by atoms with Crippen molar-refractivity contribution < 1.29 is 29.2 Å². The summed E-state index contributed by atoms with van der Waals surface area (Å²) in [6.45, 7) is 1.44. The van der Waals surface area contributed by atoms with Gasteiger partial charge in [0.2, 0.25) is 11.8 Å². The zero-order valence-electron chi connectivity index (χ0n) is 22.0. The van der Waals surface area contributed by atoms with Gasteiger partial charge in [-0.2, -0.15) is 0 Å². The molecule has 12 nitrogen and oxygen atoms in total. The lowest BCUT2D eigenvalue weighted by Crippen LogP contribution is -2.33. The van der Waals surface area contributed by atoms with E-state index < -0.39 is 41.4 Å². The Hall–Kier alpha value is -3.43. The standard InChI is InChI=1S/C24H27BrN4O8S2/c1-7-36-14(30)10-37-18-12(25)8-11(9-13(18)35-6)15(16-19(31)26(2)23(38)27(3)20(16)32)17-21(33)28(4)24(39)29(5)22(17)34/h8-9,15,31,33H,7,10H2,1-6H3. The van der Waals surface area contributed by atoms with Crippen LogP contribution in [-0.2, 0) is 37.7 Å². The van der Waals surface area contributed by atoms with Crippen LogP contribution in [0, 0.1) is 9.54 Å². The van der Waals surface area contributed by atoms with Crippen LogP contribution in [0.15, 0.2) is 26.2 Å². The number of carbonyl (C=O) groups is 1. The van der Waals surface area contributed by atoms with Gasteiger partial charge in [0.05, 0.1) is 35.2 Å². The molecule has 0 atom stereocenters. The number of aromatic hydroxyl groups is 2. The number of hydrogen-bond acceptors (Lipinski definition) is 10. The van der Waals surface area contributed by atoms with E-state index in [9.17, 15) is 24.6 Å². The molecular formula is C24H27BrN4O8S2. The number of rotatable bonds is 8. The van der Waals surface area contributed by atoms with Crippen LogP contribution >= 0.6 is 40.4 Å². The minimum Gasteiger partial charge on any atom is -0.494 e. The molecule has 0 aliphatic carbocycles. The molecule has 0 fully saturated rings. The first-order valence-corrected chi connectivity index (χ1v) is 13.0. The molecule has 15 heteroatoms. The minimum atomic E-state index is -1.32. The van der Waals surface area contributed by atoms with Crippen LogP contribution in [0.5, 0.6) is 23.3 Å². The molecule has 0 bridgehead atoms. The predicted molar refractivity (Wildman–Crippen MR) is 150 cm³/mol. The number of ether oxygens (including phenoxy) is 3. The zero-order chi connectivity index (χ0) is 29.3. The SMILES string of the molecule is CCOC(=O)COc1c(Br)cc(C(c2c(O)n(C)c(=S)n(C)c2=O)c2c(O)n(C)c(=S)n(C)c2=O)cc1OC. The maximum absolute atomic E-state index is 13.5. The minimum absolute atomic E-state index is 0.0325. The molecule has 3 aromatic rings. The Balaban J connectivity index is 2.44. The summed E-state index contributed by atoms with van der Waals surface area (Å²) in [5, 5.41) is 22.3. The highest BCUT2D eigenvalue weighted by Gasteiger charge is 2.33. The van der Waals surface area contributed by atoms with Crippen molar-refractivity contribution in [2.24, 2.45) is 28.2 Å². The first-order valence-electron chi connectivity index (χ1n) is 11.4. The summed E-state index contributed by atoms with van der Waals surface area (Å²) in [4.78, 5) is 38.9. The molecule has 2 N–H and O–H groups in total. The highest BCUT2D eigenvalue weighted by Crippen LogP contribution is 2.43. The lowest BCUT2D eigenvalue weighted by molar-refractivity contribution is -0.145. The van der Waals surface area contributed by atoms with Crippen molar-refractivity contribution in [1.82, 2.24) is 18.3 Å². The van der Waals surface area contributed by atoms with Gasteiger partial charge in [-0.3, -0.25) is 27.9 Å². The molecule has 0 aliphatic heterocycles. The predicted octanol–water partition coefficient (Wildman–Crippen LogP) is 2.52. The number of esters is 1. The zero-order valence-corrected chi connectivity index (χ0v) is 25.2. The number of carbonyl (C=O) groups excluding carboxylic acids is 1. The van der Waals surface area contributed by atoms with Gasteiger partial charge in [0.15, 0.2) is 27.6 Å². The molecule has 0 spiro atoms. The summed E-state index contributed by atoms with van der Waals surface area (Å²) < 4.78 is 21.1. The summed E-state index contributed by atoms with van der Waals surface area (Å²) in [5.74, 6) is -2.64. The van der Waals surface area contributed by atoms with Crippen LogP contribution < -0.4 is 20.6 Å². The van der Waals surface area contributed by atoms with E-state index in [1.54, 1.807) is 6.92 Å². The average molecular weight is 644 g/mol. The quantitative estimate of drug-likeness (QED) is 0.278. The van der Waals surface area contributed by atoms with Gasteiger partial charge < -0.3 is 24.4 Å². The summed E-state index contributed by atoms with van der Waals surface area (Å²) in [7, 11) is 7.15. The smallest absolute Gasteiger partial charge is 0.344 e. The van der Waals surface area contributed by atoms with Gasteiger partial charge in [-0.05, 0) is 65.0 Å². The van der Waals surface area contributed by atoms with Crippen LogP contribution in [0.25, 0.3) is 0 Å². The molecule has 0 unspecified atom stereocenters. The van der Waals surface area contributed by atoms with Crippen molar-refractivity contribution in [2.45, 2.75) is 12.8 Å². The Labute approximate surface area is 241 Å². The molecule has 2 aromatic heterocycles. The Kier molecular flexibility index (Phi) is 9.08. The van der Waals surface area contributed by atoms with Gasteiger partial charge in [0.1, 0.15) is 0 Å². The van der Waals surface area contributed by atoms with Crippen molar-refractivity contribution >= 4 is 46.3 Å². The molecule has 0 aliphatic rings. The van der Waals surface area contributed by atoms with Crippen molar-refractivity contribution in [2.75, 3.05) is 20.3 Å². The molecular weight excluding hydrogens is 616 g/mol. The van der Waals surface area contributed by atoms with E-state index in [0.29, 0.717) is 4.47 Å². The fraction of sp³-hybridized carbons (Fsp3) is 0.375. The number of hydrogen-bond donors (Lipinski definition) is 2. The average Bonchev–Trinajstić information content (AvgIpc) is 2.91. The number of nitrogens with zero attached hydrogens (tertiary/aromatic N) is 4. The first-order chi connectivity index (χ1) is 18.3. The van der Waals surface area contributed by atoms with E-state index >= 15 is 0 Å². The van der Waals surface area contributed by atoms with Gasteiger partial charge in [-0.1, -0.05) is 0 Å². The van der Waals surface area contributed by atoms with Gasteiger partial charge in [0.25, 0.3) is 11.1 Å². The largest absolute Gasteiger partial charge is 0.494 e. The maximum Gasteiger partial charge on any atom is 0.344 e. The van der Waals surface area contributed by atoms with Crippen molar-refractivity contribution in [3.63, 3.8) is 0 Å². The highest BCUT2D eigenvalue weighted by molar-refractivity contribution is 9.10. The maximum atomic E-state index is 13.5. The van der Waals surface area contributed by atoms with Crippen LogP contribution in [0.1, 0.15) is 29.5 Å². The van der Waals surface area contributed by atoms with E-state index in [1.807, 2.05) is 0 Å². The van der Waals surface area contributed by atoms with E-state index in [-0.39, 0.29) is 44.3 Å². The second-order valence-corrected chi connectivity index (χ2v) is 10.0. The molecule has 0 saturated heterocycles. The van der Waals surface area contributed by atoms with Gasteiger partial charge in [-0.25, -0.2) is 4.79 Å². The van der Waals surface area contributed by atoms with Crippen molar-refractivity contribution in [3.8, 4) is 23.3 Å². The van der Waals surface area contributed by atoms with Crippen LogP contribution in [-0.4, -0.2) is 54.8 Å². The van der Waals surface area contributed by atoms with Crippen molar-refractivity contribution in [1.29, 1.82) is 0 Å². The molecule has 0 amide bonds. The van der Waals surface area contributed by atoms with Gasteiger partial charge >= 0.3 is 5.97 Å². The topological polar surface area (TPSA) is 139 Å². The van der Waals surface area contributed by atoms with E-state index in [4.69, 9.17) is 38.6 Å². The Morgan fingerprint density at radius 3 is 1.87 bits per heavy atom. The first kappa shape index (κ1) is 30.1. The molecule has 0 saturated carbocycles.